The Hall–Kier alpha value is -2.85. The molecule has 156 valence electrons. The molecule has 0 saturated carbocycles. The second-order valence-corrected chi connectivity index (χ2v) is 7.74. The fourth-order valence-corrected chi connectivity index (χ4v) is 2.81. The highest BCUT2D eigenvalue weighted by Crippen LogP contribution is 2.34. The Bertz CT molecular complexity index is 990. The predicted octanol–water partition coefficient (Wildman–Crippen LogP) is 1.26. The van der Waals surface area contributed by atoms with Gasteiger partial charge in [-0.1, -0.05) is 30.3 Å². The maximum atomic E-state index is 10.7. The molecule has 12 heteroatoms. The summed E-state index contributed by atoms with van der Waals surface area (Å²) in [6.07, 6.45) is 1.96. The molecule has 2 aromatic heterocycles. The number of hydrogen-bond acceptors (Lipinski definition) is 7. The molecule has 3 aromatic rings. The number of carboxylic acids is 1. The number of anilines is 1. The van der Waals surface area contributed by atoms with E-state index in [9.17, 15) is 9.36 Å². The van der Waals surface area contributed by atoms with E-state index >= 15 is 0 Å². The highest BCUT2D eigenvalue weighted by molar-refractivity contribution is 7.51. The topological polar surface area (TPSA) is 174 Å². The summed E-state index contributed by atoms with van der Waals surface area (Å²) in [5, 5.41) is 8.37. The number of benzene rings is 1. The van der Waals surface area contributed by atoms with Crippen LogP contribution in [0, 0.1) is 0 Å². The van der Waals surface area contributed by atoms with Crippen molar-refractivity contribution in [3.05, 3.63) is 48.5 Å². The number of rotatable bonds is 7. The average molecular weight is 423 g/mol. The molecule has 0 spiro atoms. The number of carboxylic acid groups (broad SMARTS) is 1. The Balaban J connectivity index is 0.000000253. The molecule has 0 aliphatic rings. The second-order valence-electron chi connectivity index (χ2n) is 6.16. The predicted molar refractivity (Wildman–Crippen MR) is 105 cm³/mol. The van der Waals surface area contributed by atoms with Gasteiger partial charge in [0, 0.05) is 0 Å². The van der Waals surface area contributed by atoms with E-state index < -0.39 is 26.0 Å². The molecule has 0 saturated heterocycles. The zero-order valence-electron chi connectivity index (χ0n) is 15.6. The summed E-state index contributed by atoms with van der Waals surface area (Å²) in [5.41, 5.74) is 7.54. The number of fused-ring (bicyclic) bond motifs is 1. The van der Waals surface area contributed by atoms with Gasteiger partial charge in [-0.3, -0.25) is 9.36 Å². The Morgan fingerprint density at radius 3 is 2.55 bits per heavy atom. The van der Waals surface area contributed by atoms with Crippen LogP contribution >= 0.6 is 7.60 Å². The molecule has 1 aromatic carbocycles. The van der Waals surface area contributed by atoms with Crippen LogP contribution in [0.3, 0.4) is 0 Å². The first-order valence-corrected chi connectivity index (χ1v) is 10.3. The van der Waals surface area contributed by atoms with E-state index in [-0.39, 0.29) is 12.2 Å². The lowest BCUT2D eigenvalue weighted by molar-refractivity contribution is -0.136. The molecular formula is C17H22N5O6P. The van der Waals surface area contributed by atoms with Crippen LogP contribution in [0.1, 0.15) is 12.5 Å². The highest BCUT2D eigenvalue weighted by atomic mass is 31.2. The maximum Gasteiger partial charge on any atom is 0.350 e. The van der Waals surface area contributed by atoms with E-state index in [0.717, 1.165) is 5.56 Å². The SMILES string of the molecule is C[C@H](Cn1cnc2c(N)ncnc21)OCP(=O)(O)O.O=C(O)Cc1ccccc1. The van der Waals surface area contributed by atoms with E-state index in [4.69, 9.17) is 25.4 Å². The normalized spacial score (nSPS) is 12.2. The smallest absolute Gasteiger partial charge is 0.350 e. The first-order valence-electron chi connectivity index (χ1n) is 8.49. The van der Waals surface area contributed by atoms with Crippen molar-refractivity contribution in [2.75, 3.05) is 12.1 Å². The summed E-state index contributed by atoms with van der Waals surface area (Å²) in [5.74, 6) is -0.501. The molecule has 0 radical (unpaired) electrons. The van der Waals surface area contributed by atoms with Crippen LogP contribution in [0.5, 0.6) is 0 Å². The first-order chi connectivity index (χ1) is 13.7. The molecule has 3 rings (SSSR count). The largest absolute Gasteiger partial charge is 0.481 e. The zero-order chi connectivity index (χ0) is 21.4. The van der Waals surface area contributed by atoms with E-state index in [0.29, 0.717) is 17.7 Å². The van der Waals surface area contributed by atoms with Crippen LogP contribution in [-0.4, -0.2) is 52.8 Å². The fourth-order valence-electron chi connectivity index (χ4n) is 2.36. The Kier molecular flexibility index (Phi) is 7.80. The standard InChI is InChI=1S/C9H14N5O4P.C8H8O2/c1-6(18-5-19(15,16)17)2-14-4-13-7-8(10)11-3-12-9(7)14;9-8(10)6-7-4-2-1-3-5-7/h3-4,6H,2,5H2,1H3,(H2,10,11,12)(H2,15,16,17);1-5H,6H2,(H,9,10)/t6-;/m1./s1. The van der Waals surface area contributed by atoms with Crippen molar-refractivity contribution in [3.63, 3.8) is 0 Å². The molecule has 0 unspecified atom stereocenters. The molecule has 0 aliphatic carbocycles. The molecule has 11 nitrogen and oxygen atoms in total. The van der Waals surface area contributed by atoms with Gasteiger partial charge in [-0.2, -0.15) is 0 Å². The molecule has 0 bridgehead atoms. The molecule has 1 atom stereocenters. The molecular weight excluding hydrogens is 401 g/mol. The van der Waals surface area contributed by atoms with Gasteiger partial charge in [0.15, 0.2) is 11.5 Å². The van der Waals surface area contributed by atoms with Crippen LogP contribution in [-0.2, 0) is 27.1 Å². The minimum atomic E-state index is -4.16. The zero-order valence-corrected chi connectivity index (χ0v) is 16.5. The monoisotopic (exact) mass is 423 g/mol. The summed E-state index contributed by atoms with van der Waals surface area (Å²) < 4.78 is 17.5. The lowest BCUT2D eigenvalue weighted by Crippen LogP contribution is -2.17. The summed E-state index contributed by atoms with van der Waals surface area (Å²) in [6.45, 7) is 2.05. The van der Waals surface area contributed by atoms with Crippen molar-refractivity contribution in [1.82, 2.24) is 19.5 Å². The fraction of sp³-hybridized carbons (Fsp3) is 0.294. The van der Waals surface area contributed by atoms with Gasteiger partial charge in [-0.15, -0.1) is 0 Å². The van der Waals surface area contributed by atoms with Crippen molar-refractivity contribution in [1.29, 1.82) is 0 Å². The van der Waals surface area contributed by atoms with Gasteiger partial charge in [-0.05, 0) is 12.5 Å². The van der Waals surface area contributed by atoms with Crippen molar-refractivity contribution in [3.8, 4) is 0 Å². The van der Waals surface area contributed by atoms with Gasteiger partial charge in [0.05, 0.1) is 25.4 Å². The number of imidazole rings is 1. The van der Waals surface area contributed by atoms with Crippen LogP contribution in [0.15, 0.2) is 43.0 Å². The highest BCUT2D eigenvalue weighted by Gasteiger charge is 2.16. The van der Waals surface area contributed by atoms with Gasteiger partial charge in [0.25, 0.3) is 0 Å². The molecule has 0 fully saturated rings. The number of aliphatic carboxylic acids is 1. The number of nitrogen functional groups attached to an aromatic ring is 1. The van der Waals surface area contributed by atoms with Crippen LogP contribution in [0.2, 0.25) is 0 Å². The second kappa shape index (κ2) is 10.1. The molecule has 0 aliphatic heterocycles. The van der Waals surface area contributed by atoms with Crippen molar-refractivity contribution < 1.29 is 29.0 Å². The van der Waals surface area contributed by atoms with Crippen molar-refractivity contribution in [2.45, 2.75) is 26.0 Å². The third-order valence-corrected chi connectivity index (χ3v) is 4.09. The van der Waals surface area contributed by atoms with Crippen LogP contribution in [0.25, 0.3) is 11.2 Å². The summed E-state index contributed by atoms with van der Waals surface area (Å²) in [7, 11) is -4.16. The molecule has 5 N–H and O–H groups in total. The van der Waals surface area contributed by atoms with Gasteiger partial charge in [0.2, 0.25) is 0 Å². The number of nitrogens with two attached hydrogens (primary N) is 1. The quantitative estimate of drug-likeness (QED) is 0.405. The number of ether oxygens (including phenoxy) is 1. The first kappa shape index (κ1) is 22.4. The van der Waals surface area contributed by atoms with Crippen LogP contribution < -0.4 is 5.73 Å². The third kappa shape index (κ3) is 7.59. The van der Waals surface area contributed by atoms with Crippen molar-refractivity contribution in [2.24, 2.45) is 0 Å². The number of hydrogen-bond donors (Lipinski definition) is 4. The number of aromatic nitrogens is 4. The Morgan fingerprint density at radius 2 is 1.93 bits per heavy atom. The average Bonchev–Trinajstić information content (AvgIpc) is 3.05. The van der Waals surface area contributed by atoms with E-state index in [2.05, 4.69) is 15.0 Å². The van der Waals surface area contributed by atoms with Gasteiger partial charge < -0.3 is 29.9 Å². The van der Waals surface area contributed by atoms with Crippen LogP contribution in [0.4, 0.5) is 5.82 Å². The van der Waals surface area contributed by atoms with E-state index in [1.807, 2.05) is 18.2 Å². The number of carbonyl (C=O) groups is 1. The minimum Gasteiger partial charge on any atom is -0.481 e. The van der Waals surface area contributed by atoms with Gasteiger partial charge >= 0.3 is 13.6 Å². The summed E-state index contributed by atoms with van der Waals surface area (Å²) >= 11 is 0. The summed E-state index contributed by atoms with van der Waals surface area (Å²) in [4.78, 5) is 39.6. The van der Waals surface area contributed by atoms with E-state index in [1.54, 1.807) is 23.6 Å². The molecule has 2 heterocycles. The third-order valence-electron chi connectivity index (χ3n) is 3.61. The minimum absolute atomic E-state index is 0.112. The summed E-state index contributed by atoms with van der Waals surface area (Å²) in [6, 6.07) is 9.13. The lowest BCUT2D eigenvalue weighted by Gasteiger charge is -2.14. The van der Waals surface area contributed by atoms with Gasteiger partial charge in [0.1, 0.15) is 18.2 Å². The lowest BCUT2D eigenvalue weighted by atomic mass is 10.2. The maximum absolute atomic E-state index is 10.7. The van der Waals surface area contributed by atoms with Gasteiger partial charge in [-0.25, -0.2) is 15.0 Å². The number of nitrogens with zero attached hydrogens (tertiary/aromatic N) is 4. The molecule has 0 amide bonds. The van der Waals surface area contributed by atoms with E-state index in [1.165, 1.54) is 12.7 Å². The Morgan fingerprint density at radius 1 is 1.24 bits per heavy atom. The molecule has 29 heavy (non-hydrogen) atoms. The van der Waals surface area contributed by atoms with Crippen molar-refractivity contribution >= 4 is 30.5 Å². The Labute approximate surface area is 166 Å².